The summed E-state index contributed by atoms with van der Waals surface area (Å²) < 4.78 is 17.8. The number of nitrogens with one attached hydrogen (secondary N) is 1. The maximum absolute atomic E-state index is 15.2. The lowest BCUT2D eigenvalue weighted by Gasteiger charge is -2.33. The number of aromatic nitrogens is 2. The SMILES string of the molecule is Cc1c(-c2cc(Nc3ccc(N4CCN(C)CC4)cn3)c(=O)n(C)c2)cc(F)cc1N1CCc2c(sc3ccccc23)C1=O. The fourth-order valence-corrected chi connectivity index (χ4v) is 7.44. The van der Waals surface area contributed by atoms with Gasteiger partial charge in [0, 0.05) is 56.2 Å². The summed E-state index contributed by atoms with van der Waals surface area (Å²) in [5.74, 6) is -0.00657. The molecule has 224 valence electrons. The predicted molar refractivity (Wildman–Crippen MR) is 176 cm³/mol. The van der Waals surface area contributed by atoms with E-state index in [4.69, 9.17) is 0 Å². The van der Waals surface area contributed by atoms with Gasteiger partial charge in [-0.15, -0.1) is 11.3 Å². The molecule has 2 aromatic carbocycles. The molecule has 8 nitrogen and oxygen atoms in total. The first-order valence-corrected chi connectivity index (χ1v) is 15.6. The molecule has 5 aromatic rings. The third-order valence-corrected chi connectivity index (χ3v) is 9.93. The number of rotatable bonds is 5. The molecule has 1 amide bonds. The smallest absolute Gasteiger partial charge is 0.274 e. The summed E-state index contributed by atoms with van der Waals surface area (Å²) in [7, 11) is 3.80. The third-order valence-electron chi connectivity index (χ3n) is 8.73. The molecule has 0 atom stereocenters. The van der Waals surface area contributed by atoms with Gasteiger partial charge in [0.15, 0.2) is 0 Å². The van der Waals surface area contributed by atoms with Crippen LogP contribution in [0.25, 0.3) is 21.2 Å². The van der Waals surface area contributed by atoms with E-state index < -0.39 is 5.82 Å². The van der Waals surface area contributed by atoms with Crippen molar-refractivity contribution in [3.8, 4) is 11.1 Å². The molecule has 5 heterocycles. The maximum atomic E-state index is 15.2. The van der Waals surface area contributed by atoms with Crippen molar-refractivity contribution in [3.63, 3.8) is 0 Å². The van der Waals surface area contributed by atoms with Crippen LogP contribution in [0.1, 0.15) is 20.8 Å². The minimum absolute atomic E-state index is 0.110. The van der Waals surface area contributed by atoms with E-state index in [0.29, 0.717) is 46.2 Å². The fourth-order valence-electron chi connectivity index (χ4n) is 6.24. The van der Waals surface area contributed by atoms with Gasteiger partial charge >= 0.3 is 0 Å². The molecule has 0 aliphatic carbocycles. The van der Waals surface area contributed by atoms with Gasteiger partial charge < -0.3 is 24.6 Å². The Morgan fingerprint density at radius 3 is 2.52 bits per heavy atom. The molecule has 10 heteroatoms. The Hall–Kier alpha value is -4.54. The molecular weight excluding hydrogens is 575 g/mol. The van der Waals surface area contributed by atoms with Crippen molar-refractivity contribution in [1.82, 2.24) is 14.5 Å². The average molecular weight is 609 g/mol. The molecule has 2 aliphatic heterocycles. The number of benzene rings is 2. The molecule has 0 unspecified atom stereocenters. The van der Waals surface area contributed by atoms with E-state index in [9.17, 15) is 9.59 Å². The van der Waals surface area contributed by atoms with Crippen molar-refractivity contribution in [2.45, 2.75) is 13.3 Å². The van der Waals surface area contributed by atoms with Crippen LogP contribution in [0, 0.1) is 12.7 Å². The molecule has 2 aliphatic rings. The second-order valence-corrected chi connectivity index (χ2v) is 12.6. The zero-order valence-corrected chi connectivity index (χ0v) is 25.7. The van der Waals surface area contributed by atoms with Crippen molar-refractivity contribution in [3.05, 3.63) is 99.2 Å². The maximum Gasteiger partial charge on any atom is 0.274 e. The van der Waals surface area contributed by atoms with Gasteiger partial charge in [-0.3, -0.25) is 9.59 Å². The molecule has 7 rings (SSSR count). The minimum Gasteiger partial charge on any atom is -0.368 e. The number of fused-ring (bicyclic) bond motifs is 3. The predicted octanol–water partition coefficient (Wildman–Crippen LogP) is 5.81. The van der Waals surface area contributed by atoms with Gasteiger partial charge in [0.1, 0.15) is 17.3 Å². The Balaban J connectivity index is 1.19. The van der Waals surface area contributed by atoms with E-state index in [2.05, 4.69) is 33.2 Å². The van der Waals surface area contributed by atoms with Crippen molar-refractivity contribution in [1.29, 1.82) is 0 Å². The summed E-state index contributed by atoms with van der Waals surface area (Å²) in [6.07, 6.45) is 4.22. The van der Waals surface area contributed by atoms with Crippen molar-refractivity contribution >= 4 is 50.2 Å². The topological polar surface area (TPSA) is 73.7 Å². The second-order valence-electron chi connectivity index (χ2n) is 11.6. The number of hydrogen-bond donors (Lipinski definition) is 1. The van der Waals surface area contributed by atoms with Gasteiger partial charge in [0.25, 0.3) is 11.5 Å². The van der Waals surface area contributed by atoms with Gasteiger partial charge in [-0.1, -0.05) is 18.2 Å². The molecule has 3 aromatic heterocycles. The van der Waals surface area contributed by atoms with Gasteiger partial charge in [0.05, 0.1) is 22.4 Å². The van der Waals surface area contributed by atoms with Crippen LogP contribution in [0.3, 0.4) is 0 Å². The number of nitrogens with zero attached hydrogens (tertiary/aromatic N) is 5. The Morgan fingerprint density at radius 1 is 0.955 bits per heavy atom. The van der Waals surface area contributed by atoms with E-state index in [1.807, 2.05) is 43.5 Å². The zero-order chi connectivity index (χ0) is 30.5. The monoisotopic (exact) mass is 608 g/mol. The number of piperazine rings is 1. The summed E-state index contributed by atoms with van der Waals surface area (Å²) in [5, 5.41) is 4.29. The number of amides is 1. The van der Waals surface area contributed by atoms with Crippen LogP contribution < -0.4 is 20.7 Å². The van der Waals surface area contributed by atoms with E-state index >= 15 is 4.39 Å². The molecule has 0 saturated carbocycles. The number of pyridine rings is 2. The summed E-state index contributed by atoms with van der Waals surface area (Å²) in [4.78, 5) is 38.5. The molecule has 1 fully saturated rings. The third kappa shape index (κ3) is 5.03. The van der Waals surface area contributed by atoms with Crippen LogP contribution in [-0.4, -0.2) is 60.1 Å². The standard InChI is InChI=1S/C34H33FN6O2S/c1-21-27(17-23(35)18-29(21)41-11-10-26-25-6-4-5-7-30(25)44-32(26)34(41)43)22-16-28(33(42)39(3)20-22)37-31-9-8-24(19-36-31)40-14-12-38(2)13-15-40/h4-9,16-20H,10-15H2,1-3H3,(H,36,37). The molecule has 0 radical (unpaired) electrons. The van der Waals surface area contributed by atoms with E-state index in [1.165, 1.54) is 28.0 Å². The first-order valence-electron chi connectivity index (χ1n) is 14.8. The number of anilines is 4. The van der Waals surface area contributed by atoms with Crippen LogP contribution >= 0.6 is 11.3 Å². The molecule has 0 spiro atoms. The van der Waals surface area contributed by atoms with Crippen molar-refractivity contribution in [2.75, 3.05) is 54.9 Å². The van der Waals surface area contributed by atoms with Crippen LogP contribution in [0.2, 0.25) is 0 Å². The van der Waals surface area contributed by atoms with E-state index in [0.717, 1.165) is 53.1 Å². The van der Waals surface area contributed by atoms with Crippen molar-refractivity contribution < 1.29 is 9.18 Å². The Kier molecular flexibility index (Phi) is 7.18. The lowest BCUT2D eigenvalue weighted by atomic mass is 9.97. The summed E-state index contributed by atoms with van der Waals surface area (Å²) in [6, 6.07) is 16.6. The number of halogens is 1. The Bertz CT molecular complexity index is 1960. The normalized spacial score (nSPS) is 15.6. The molecule has 44 heavy (non-hydrogen) atoms. The Labute approximate surface area is 259 Å². The van der Waals surface area contributed by atoms with Gasteiger partial charge in [-0.05, 0) is 78.9 Å². The van der Waals surface area contributed by atoms with Crippen molar-refractivity contribution in [2.24, 2.45) is 7.05 Å². The highest BCUT2D eigenvalue weighted by Gasteiger charge is 2.31. The largest absolute Gasteiger partial charge is 0.368 e. The van der Waals surface area contributed by atoms with E-state index in [-0.39, 0.29) is 11.5 Å². The highest BCUT2D eigenvalue weighted by Crippen LogP contribution is 2.39. The first kappa shape index (κ1) is 28.2. The van der Waals surface area contributed by atoms with E-state index in [1.54, 1.807) is 24.2 Å². The zero-order valence-electron chi connectivity index (χ0n) is 24.9. The van der Waals surface area contributed by atoms with Crippen LogP contribution in [0.4, 0.5) is 27.3 Å². The lowest BCUT2D eigenvalue weighted by molar-refractivity contribution is 0.0985. The number of carbonyl (C=O) groups excluding carboxylic acids is 1. The summed E-state index contributed by atoms with van der Waals surface area (Å²) >= 11 is 1.49. The number of likely N-dealkylation sites (N-methyl/N-ethyl adjacent to an activating group) is 1. The summed E-state index contributed by atoms with van der Waals surface area (Å²) in [5.41, 5.74) is 4.81. The number of thiophene rings is 1. The van der Waals surface area contributed by atoms with Crippen LogP contribution in [-0.2, 0) is 13.5 Å². The molecule has 1 N–H and O–H groups in total. The van der Waals surface area contributed by atoms with Crippen LogP contribution in [0.5, 0.6) is 0 Å². The number of aryl methyl sites for hydroxylation is 1. The quantitative estimate of drug-likeness (QED) is 0.272. The number of hydrogen-bond acceptors (Lipinski definition) is 7. The van der Waals surface area contributed by atoms with Gasteiger partial charge in [0.2, 0.25) is 0 Å². The highest BCUT2D eigenvalue weighted by atomic mass is 32.1. The molecule has 1 saturated heterocycles. The Morgan fingerprint density at radius 2 is 1.75 bits per heavy atom. The van der Waals surface area contributed by atoms with Gasteiger partial charge in [-0.25, -0.2) is 9.37 Å². The molecule has 0 bridgehead atoms. The highest BCUT2D eigenvalue weighted by molar-refractivity contribution is 7.21. The van der Waals surface area contributed by atoms with Crippen LogP contribution in [0.15, 0.2) is 71.8 Å². The average Bonchev–Trinajstić information content (AvgIpc) is 3.41. The summed E-state index contributed by atoms with van der Waals surface area (Å²) in [6.45, 7) is 6.25. The fraction of sp³-hybridized carbons (Fsp3) is 0.265. The minimum atomic E-state index is -0.444. The van der Waals surface area contributed by atoms with Gasteiger partial charge in [-0.2, -0.15) is 0 Å². The second kappa shape index (κ2) is 11.2. The molecular formula is C34H33FN6O2S. The first-order chi connectivity index (χ1) is 21.3. The number of carbonyl (C=O) groups is 1. The lowest BCUT2D eigenvalue weighted by Crippen LogP contribution is -2.44.